The number of benzene rings is 1. The van der Waals surface area contributed by atoms with Gasteiger partial charge < -0.3 is 10.1 Å². The molecule has 9 heteroatoms. The molecule has 2 rings (SSSR count). The van der Waals surface area contributed by atoms with Gasteiger partial charge in [-0.2, -0.15) is 13.2 Å². The van der Waals surface area contributed by atoms with Gasteiger partial charge in [-0.3, -0.25) is 4.90 Å². The van der Waals surface area contributed by atoms with Crippen LogP contribution in [-0.2, 0) is 4.74 Å². The number of nitrogens with zero attached hydrogens (tertiary/aromatic N) is 1. The molecule has 1 fully saturated rings. The predicted octanol–water partition coefficient (Wildman–Crippen LogP) is 3.76. The van der Waals surface area contributed by atoms with Crippen molar-refractivity contribution < 1.29 is 27.1 Å². The number of hydrogen-bond acceptors (Lipinski definition) is 3. The summed E-state index contributed by atoms with van der Waals surface area (Å²) >= 11 is -0.405. The Hall–Kier alpha value is -1.48. The van der Waals surface area contributed by atoms with Gasteiger partial charge >= 0.3 is 11.5 Å². The molecule has 0 radical (unpaired) electrons. The van der Waals surface area contributed by atoms with Gasteiger partial charge in [0.15, 0.2) is 0 Å². The Kier molecular flexibility index (Phi) is 5.74. The highest BCUT2D eigenvalue weighted by Crippen LogP contribution is 2.38. The van der Waals surface area contributed by atoms with Crippen LogP contribution in [0.15, 0.2) is 23.1 Å². The minimum absolute atomic E-state index is 0.0530. The number of thioether (sulfide) groups is 1. The van der Waals surface area contributed by atoms with Crippen LogP contribution in [0.1, 0.15) is 12.8 Å². The molecule has 1 saturated heterocycles. The maximum atomic E-state index is 14.0. The molecule has 128 valence electrons. The molecule has 1 N–H and O–H groups in total. The first-order chi connectivity index (χ1) is 10.8. The number of amides is 2. The van der Waals surface area contributed by atoms with Gasteiger partial charge in [0.25, 0.3) is 0 Å². The molecule has 1 aliphatic heterocycles. The van der Waals surface area contributed by atoms with Crippen LogP contribution in [0.2, 0.25) is 0 Å². The number of ether oxygens (including phenoxy) is 1. The van der Waals surface area contributed by atoms with Crippen LogP contribution in [0.4, 0.5) is 28.0 Å². The summed E-state index contributed by atoms with van der Waals surface area (Å²) < 4.78 is 56.1. The fourth-order valence-corrected chi connectivity index (χ4v) is 2.76. The number of carbonyl (C=O) groups excluding carboxylic acids is 1. The normalized spacial score (nSPS) is 18.0. The first kappa shape index (κ1) is 17.9. The van der Waals surface area contributed by atoms with Gasteiger partial charge in [-0.15, -0.1) is 0 Å². The molecule has 0 saturated carbocycles. The van der Waals surface area contributed by atoms with Gasteiger partial charge in [0.2, 0.25) is 0 Å². The Morgan fingerprint density at radius 3 is 2.78 bits per heavy atom. The van der Waals surface area contributed by atoms with Crippen LogP contribution in [-0.4, -0.2) is 37.8 Å². The van der Waals surface area contributed by atoms with Crippen molar-refractivity contribution in [1.29, 1.82) is 0 Å². The molecule has 23 heavy (non-hydrogen) atoms. The molecule has 1 unspecified atom stereocenters. The van der Waals surface area contributed by atoms with Crippen LogP contribution in [0.3, 0.4) is 0 Å². The van der Waals surface area contributed by atoms with Gasteiger partial charge in [-0.1, -0.05) is 0 Å². The number of anilines is 1. The third-order valence-electron chi connectivity index (χ3n) is 3.32. The summed E-state index contributed by atoms with van der Waals surface area (Å²) in [6.45, 7) is 0.968. The second kappa shape index (κ2) is 7.39. The summed E-state index contributed by atoms with van der Waals surface area (Å²) in [6, 6.07) is 2.49. The number of hydrogen-bond donors (Lipinski definition) is 1. The molecule has 1 aromatic rings. The fourth-order valence-electron chi connectivity index (χ4n) is 2.19. The lowest BCUT2D eigenvalue weighted by Crippen LogP contribution is -2.41. The average Bonchev–Trinajstić information content (AvgIpc) is 2.95. The van der Waals surface area contributed by atoms with Gasteiger partial charge in [0, 0.05) is 25.1 Å². The monoisotopic (exact) mass is 352 g/mol. The van der Waals surface area contributed by atoms with E-state index in [1.807, 2.05) is 0 Å². The van der Waals surface area contributed by atoms with Crippen molar-refractivity contribution in [3.8, 4) is 0 Å². The first-order valence-corrected chi connectivity index (χ1v) is 7.76. The first-order valence-electron chi connectivity index (χ1n) is 6.95. The van der Waals surface area contributed by atoms with E-state index >= 15 is 0 Å². The molecular weight excluding hydrogens is 336 g/mol. The Bertz CT molecular complexity index is 562. The molecule has 0 aliphatic carbocycles. The quantitative estimate of drug-likeness (QED) is 0.663. The summed E-state index contributed by atoms with van der Waals surface area (Å²) in [7, 11) is 1.35. The van der Waals surface area contributed by atoms with Crippen LogP contribution >= 0.6 is 11.8 Å². The topological polar surface area (TPSA) is 41.6 Å². The number of halogens is 4. The SMILES string of the molecule is CN(C(=O)NCC1CCCO1)c1ccc(SC(F)(F)F)cc1F. The minimum atomic E-state index is -4.49. The Balaban J connectivity index is 1.97. The second-order valence-electron chi connectivity index (χ2n) is 5.04. The zero-order chi connectivity index (χ0) is 17.0. The highest BCUT2D eigenvalue weighted by atomic mass is 32.2. The number of nitrogens with one attached hydrogen (secondary N) is 1. The summed E-state index contributed by atoms with van der Waals surface area (Å²) in [5, 5.41) is 2.61. The van der Waals surface area contributed by atoms with Crippen molar-refractivity contribution in [3.05, 3.63) is 24.0 Å². The summed E-state index contributed by atoms with van der Waals surface area (Å²) in [5.74, 6) is -0.894. The maximum Gasteiger partial charge on any atom is 0.446 e. The van der Waals surface area contributed by atoms with E-state index in [9.17, 15) is 22.4 Å². The van der Waals surface area contributed by atoms with E-state index in [-0.39, 0.29) is 16.7 Å². The molecule has 0 aromatic heterocycles. The van der Waals surface area contributed by atoms with Crippen molar-refractivity contribution >= 4 is 23.5 Å². The van der Waals surface area contributed by atoms with Crippen LogP contribution in [0.25, 0.3) is 0 Å². The summed E-state index contributed by atoms with van der Waals surface area (Å²) in [5.41, 5.74) is -4.58. The van der Waals surface area contributed by atoms with E-state index in [2.05, 4.69) is 5.32 Å². The molecule has 0 spiro atoms. The fraction of sp³-hybridized carbons (Fsp3) is 0.500. The molecule has 4 nitrogen and oxygen atoms in total. The van der Waals surface area contributed by atoms with Gasteiger partial charge in [0.1, 0.15) is 5.82 Å². The molecule has 1 aliphatic rings. The smallest absolute Gasteiger partial charge is 0.376 e. The van der Waals surface area contributed by atoms with E-state index in [4.69, 9.17) is 4.74 Å². The van der Waals surface area contributed by atoms with Crippen molar-refractivity contribution in [2.24, 2.45) is 0 Å². The standard InChI is InChI=1S/C14H16F4N2O2S/c1-20(13(21)19-8-9-3-2-6-22-9)12-5-4-10(7-11(12)15)23-14(16,17)18/h4-5,7,9H,2-3,6,8H2,1H3,(H,19,21). The van der Waals surface area contributed by atoms with E-state index < -0.39 is 29.1 Å². The Labute approximate surface area is 135 Å². The maximum absolute atomic E-state index is 14.0. The number of alkyl halides is 3. The highest BCUT2D eigenvalue weighted by Gasteiger charge is 2.30. The number of urea groups is 1. The zero-order valence-electron chi connectivity index (χ0n) is 12.3. The third-order valence-corrected chi connectivity index (χ3v) is 4.04. The molecule has 1 aromatic carbocycles. The van der Waals surface area contributed by atoms with E-state index in [0.717, 1.165) is 35.9 Å². The molecule has 2 amide bonds. The number of carbonyl (C=O) groups is 1. The van der Waals surface area contributed by atoms with Gasteiger partial charge in [0.05, 0.1) is 11.8 Å². The second-order valence-corrected chi connectivity index (χ2v) is 6.18. The minimum Gasteiger partial charge on any atom is -0.376 e. The Morgan fingerprint density at radius 2 is 2.22 bits per heavy atom. The van der Waals surface area contributed by atoms with E-state index in [1.165, 1.54) is 7.05 Å². The lowest BCUT2D eigenvalue weighted by atomic mass is 10.2. The van der Waals surface area contributed by atoms with Gasteiger partial charge in [-0.25, -0.2) is 9.18 Å². The largest absolute Gasteiger partial charge is 0.446 e. The lowest BCUT2D eigenvalue weighted by molar-refractivity contribution is -0.0328. The van der Waals surface area contributed by atoms with Crippen LogP contribution in [0.5, 0.6) is 0 Å². The Morgan fingerprint density at radius 1 is 1.48 bits per heavy atom. The molecule has 1 atom stereocenters. The lowest BCUT2D eigenvalue weighted by Gasteiger charge is -2.20. The van der Waals surface area contributed by atoms with Crippen molar-refractivity contribution in [2.45, 2.75) is 29.3 Å². The average molecular weight is 352 g/mol. The van der Waals surface area contributed by atoms with Crippen LogP contribution in [0, 0.1) is 5.82 Å². The third kappa shape index (κ3) is 5.28. The van der Waals surface area contributed by atoms with E-state index in [0.29, 0.717) is 13.2 Å². The molecular formula is C14H16F4N2O2S. The summed E-state index contributed by atoms with van der Waals surface area (Å²) in [6.07, 6.45) is 1.73. The van der Waals surface area contributed by atoms with Crippen molar-refractivity contribution in [1.82, 2.24) is 5.32 Å². The van der Waals surface area contributed by atoms with Gasteiger partial charge in [-0.05, 0) is 42.8 Å². The highest BCUT2D eigenvalue weighted by molar-refractivity contribution is 8.00. The molecule has 1 heterocycles. The van der Waals surface area contributed by atoms with E-state index in [1.54, 1.807) is 0 Å². The zero-order valence-corrected chi connectivity index (χ0v) is 13.1. The number of rotatable bonds is 4. The van der Waals surface area contributed by atoms with Crippen molar-refractivity contribution in [2.75, 3.05) is 25.1 Å². The predicted molar refractivity (Wildman–Crippen MR) is 79.1 cm³/mol. The van der Waals surface area contributed by atoms with Crippen molar-refractivity contribution in [3.63, 3.8) is 0 Å². The van der Waals surface area contributed by atoms with Crippen LogP contribution < -0.4 is 10.2 Å². The summed E-state index contributed by atoms with van der Waals surface area (Å²) in [4.78, 5) is 12.7. The molecule has 0 bridgehead atoms.